The number of hydrogen-bond acceptors (Lipinski definition) is 7. The molecule has 0 spiro atoms. The molecule has 3 heterocycles. The molecular formula is C24H26N3O7+. The Morgan fingerprint density at radius 1 is 1.21 bits per heavy atom. The molecule has 34 heavy (non-hydrogen) atoms. The van der Waals surface area contributed by atoms with Gasteiger partial charge in [0.2, 0.25) is 18.4 Å². The number of aromatic amines is 1. The lowest BCUT2D eigenvalue weighted by Gasteiger charge is -2.33. The maximum absolute atomic E-state index is 13.1. The number of aromatic hydroxyl groups is 1. The number of fused-ring (bicyclic) bond motifs is 2. The van der Waals surface area contributed by atoms with Gasteiger partial charge in [-0.2, -0.15) is 0 Å². The van der Waals surface area contributed by atoms with Crippen molar-refractivity contribution in [2.45, 2.75) is 19.4 Å². The summed E-state index contributed by atoms with van der Waals surface area (Å²) in [5.74, 6) is 1.74. The molecule has 178 valence electrons. The highest BCUT2D eigenvalue weighted by atomic mass is 16.7. The minimum atomic E-state index is -0.734. The molecule has 0 saturated carbocycles. The van der Waals surface area contributed by atoms with Crippen LogP contribution in [0.5, 0.6) is 28.9 Å². The highest BCUT2D eigenvalue weighted by molar-refractivity contribution is 5.63. The number of H-pyrrole nitrogens is 1. The molecule has 0 amide bonds. The zero-order chi connectivity index (χ0) is 24.0. The molecule has 10 heteroatoms. The summed E-state index contributed by atoms with van der Waals surface area (Å²) in [7, 11) is 3.46. The molecule has 3 N–H and O–H groups in total. The van der Waals surface area contributed by atoms with Crippen LogP contribution >= 0.6 is 0 Å². The van der Waals surface area contributed by atoms with Crippen molar-refractivity contribution in [1.29, 1.82) is 0 Å². The third-order valence-electron chi connectivity index (χ3n) is 6.33. The predicted octanol–water partition coefficient (Wildman–Crippen LogP) is 0.528. The third-order valence-corrected chi connectivity index (χ3v) is 6.33. The Kier molecular flexibility index (Phi) is 5.45. The summed E-state index contributed by atoms with van der Waals surface area (Å²) < 4.78 is 23.5. The van der Waals surface area contributed by atoms with E-state index in [0.717, 1.165) is 27.0 Å². The molecule has 0 fully saturated rings. The number of rotatable bonds is 5. The van der Waals surface area contributed by atoms with Crippen molar-refractivity contribution in [1.82, 2.24) is 9.55 Å². The van der Waals surface area contributed by atoms with E-state index in [-0.39, 0.29) is 12.4 Å². The second kappa shape index (κ2) is 8.45. The lowest BCUT2D eigenvalue weighted by molar-refractivity contribution is -0.908. The third kappa shape index (κ3) is 3.38. The van der Waals surface area contributed by atoms with Crippen LogP contribution in [-0.2, 0) is 6.42 Å². The van der Waals surface area contributed by atoms with Crippen LogP contribution < -0.4 is 35.1 Å². The number of methoxy groups -OCH3 is 1. The standard InChI is InChI=1S/C24H25N3O7/c1-4-32-15-7-5-14(6-8-15)27-23(29)18(22(28)25-24(27)30)19-17-13(9-10-26(19)2)11-16-20(21(17)31-3)34-12-33-16/h5-8,11,19,29H,4,9-10,12H2,1-3H3,(H,25,28,30)/p+1/t19-/m1/s1. The van der Waals surface area contributed by atoms with Crippen molar-refractivity contribution >= 4 is 0 Å². The second-order valence-corrected chi connectivity index (χ2v) is 8.25. The molecule has 3 aromatic rings. The number of likely N-dealkylation sites (N-methyl/N-ethyl adjacent to an activating group) is 1. The fraction of sp³-hybridized carbons (Fsp3) is 0.333. The molecule has 0 aliphatic carbocycles. The zero-order valence-corrected chi connectivity index (χ0v) is 19.1. The highest BCUT2D eigenvalue weighted by Crippen LogP contribution is 2.48. The molecule has 2 aliphatic rings. The zero-order valence-electron chi connectivity index (χ0n) is 19.1. The van der Waals surface area contributed by atoms with Gasteiger partial charge in [0.05, 0.1) is 38.6 Å². The number of nitrogens with zero attached hydrogens (tertiary/aromatic N) is 1. The van der Waals surface area contributed by atoms with E-state index in [0.29, 0.717) is 41.8 Å². The van der Waals surface area contributed by atoms with Gasteiger partial charge in [0.1, 0.15) is 11.3 Å². The van der Waals surface area contributed by atoms with Crippen LogP contribution in [-0.4, -0.2) is 48.8 Å². The van der Waals surface area contributed by atoms with Crippen LogP contribution in [0, 0.1) is 0 Å². The molecule has 10 nitrogen and oxygen atoms in total. The van der Waals surface area contributed by atoms with Gasteiger partial charge < -0.3 is 29.0 Å². The van der Waals surface area contributed by atoms with Gasteiger partial charge in [0.15, 0.2) is 17.5 Å². The van der Waals surface area contributed by atoms with Crippen LogP contribution in [0.25, 0.3) is 5.69 Å². The molecule has 1 aromatic heterocycles. The number of quaternary nitrogens is 1. The van der Waals surface area contributed by atoms with E-state index in [9.17, 15) is 14.7 Å². The Hall–Kier alpha value is -3.92. The fourth-order valence-electron chi connectivity index (χ4n) is 4.81. The van der Waals surface area contributed by atoms with Gasteiger partial charge >= 0.3 is 5.69 Å². The molecule has 0 bridgehead atoms. The number of benzene rings is 2. The molecule has 0 saturated heterocycles. The summed E-state index contributed by atoms with van der Waals surface area (Å²) in [6.07, 6.45) is 0.724. The molecule has 2 atom stereocenters. The Labute approximate surface area is 194 Å². The quantitative estimate of drug-likeness (QED) is 0.500. The minimum absolute atomic E-state index is 0.0732. The summed E-state index contributed by atoms with van der Waals surface area (Å²) in [6.45, 7) is 3.15. The first-order chi connectivity index (χ1) is 16.4. The molecule has 2 aromatic carbocycles. The predicted molar refractivity (Wildman–Crippen MR) is 122 cm³/mol. The molecule has 1 unspecified atom stereocenters. The van der Waals surface area contributed by atoms with E-state index >= 15 is 0 Å². The van der Waals surface area contributed by atoms with Crippen LogP contribution in [0.1, 0.15) is 29.7 Å². The fourth-order valence-corrected chi connectivity index (χ4v) is 4.81. The topological polar surface area (TPSA) is 116 Å². The van der Waals surface area contributed by atoms with Crippen molar-refractivity contribution in [2.75, 3.05) is 34.1 Å². The Morgan fingerprint density at radius 2 is 1.97 bits per heavy atom. The van der Waals surface area contributed by atoms with Gasteiger partial charge in [0, 0.05) is 6.42 Å². The average Bonchev–Trinajstić information content (AvgIpc) is 3.28. The number of hydrogen-bond donors (Lipinski definition) is 3. The van der Waals surface area contributed by atoms with Gasteiger partial charge in [-0.3, -0.25) is 9.78 Å². The Balaban J connectivity index is 1.72. The summed E-state index contributed by atoms with van der Waals surface area (Å²) in [5, 5.41) is 11.3. The van der Waals surface area contributed by atoms with E-state index in [1.165, 1.54) is 7.11 Å². The smallest absolute Gasteiger partial charge is 0.335 e. The van der Waals surface area contributed by atoms with Gasteiger partial charge in [0.25, 0.3) is 5.56 Å². The van der Waals surface area contributed by atoms with Crippen LogP contribution in [0.15, 0.2) is 39.9 Å². The lowest BCUT2D eigenvalue weighted by Crippen LogP contribution is -3.10. The van der Waals surface area contributed by atoms with Crippen LogP contribution in [0.2, 0.25) is 0 Å². The second-order valence-electron chi connectivity index (χ2n) is 8.25. The van der Waals surface area contributed by atoms with Gasteiger partial charge in [-0.15, -0.1) is 0 Å². The van der Waals surface area contributed by atoms with E-state index in [1.54, 1.807) is 24.3 Å². The normalized spacial score (nSPS) is 18.4. The van der Waals surface area contributed by atoms with Crippen molar-refractivity contribution < 1.29 is 29.0 Å². The van der Waals surface area contributed by atoms with Crippen molar-refractivity contribution in [3.05, 3.63) is 67.9 Å². The minimum Gasteiger partial charge on any atom is -0.494 e. The summed E-state index contributed by atoms with van der Waals surface area (Å²) in [4.78, 5) is 29.2. The van der Waals surface area contributed by atoms with Crippen LogP contribution in [0.3, 0.4) is 0 Å². The first-order valence-electron chi connectivity index (χ1n) is 11.1. The van der Waals surface area contributed by atoms with E-state index in [2.05, 4.69) is 4.98 Å². The first-order valence-corrected chi connectivity index (χ1v) is 11.1. The number of ether oxygens (including phenoxy) is 4. The van der Waals surface area contributed by atoms with Crippen molar-refractivity contribution in [2.24, 2.45) is 0 Å². The van der Waals surface area contributed by atoms with Crippen LogP contribution in [0.4, 0.5) is 0 Å². The lowest BCUT2D eigenvalue weighted by atomic mass is 9.87. The molecular weight excluding hydrogens is 442 g/mol. The van der Waals surface area contributed by atoms with Gasteiger partial charge in [-0.25, -0.2) is 9.36 Å². The summed E-state index contributed by atoms with van der Waals surface area (Å²) in [5.41, 5.74) is 0.754. The molecule has 5 rings (SSSR count). The SMILES string of the molecule is CCOc1ccc(-n2c(O)c([C@H]3c4c(cc5c(c4OC)OCO5)CC[NH+]3C)c(=O)[nH]c2=O)cc1. The van der Waals surface area contributed by atoms with Gasteiger partial charge in [-0.1, -0.05) is 0 Å². The maximum atomic E-state index is 13.1. The molecule has 0 radical (unpaired) electrons. The largest absolute Gasteiger partial charge is 0.494 e. The van der Waals surface area contributed by atoms with Gasteiger partial charge in [-0.05, 0) is 42.8 Å². The molecule has 2 aliphatic heterocycles. The summed E-state index contributed by atoms with van der Waals surface area (Å²) >= 11 is 0. The first kappa shape index (κ1) is 21.9. The average molecular weight is 468 g/mol. The van der Waals surface area contributed by atoms with Crippen molar-refractivity contribution in [3.8, 4) is 34.6 Å². The number of aromatic nitrogens is 2. The van der Waals surface area contributed by atoms with E-state index in [1.807, 2.05) is 20.0 Å². The monoisotopic (exact) mass is 468 g/mol. The van der Waals surface area contributed by atoms with E-state index in [4.69, 9.17) is 18.9 Å². The van der Waals surface area contributed by atoms with E-state index < -0.39 is 23.2 Å². The number of nitrogens with one attached hydrogen (secondary N) is 2. The Morgan fingerprint density at radius 3 is 2.68 bits per heavy atom. The van der Waals surface area contributed by atoms with Crippen molar-refractivity contribution in [3.63, 3.8) is 0 Å². The highest BCUT2D eigenvalue weighted by Gasteiger charge is 2.41. The summed E-state index contributed by atoms with van der Waals surface area (Å²) in [6, 6.07) is 7.99. The Bertz CT molecular complexity index is 1360. The maximum Gasteiger partial charge on any atom is 0.335 e.